The van der Waals surface area contributed by atoms with Crippen LogP contribution in [0.5, 0.6) is 0 Å². The van der Waals surface area contributed by atoms with Gasteiger partial charge in [0, 0.05) is 13.1 Å². The zero-order valence-electron chi connectivity index (χ0n) is 10.7. The standard InChI is InChI=1S/C12H15F3N2O2/c1-3-7-17(4-2)10-8(11(18)19)5-6-9(16-10)12(13,14)15/h5-6H,3-4,7H2,1-2H3,(H,18,19). The Morgan fingerprint density at radius 1 is 1.37 bits per heavy atom. The fraction of sp³-hybridized carbons (Fsp3) is 0.500. The van der Waals surface area contributed by atoms with Crippen molar-refractivity contribution in [1.29, 1.82) is 0 Å². The van der Waals surface area contributed by atoms with Crippen LogP contribution in [0.25, 0.3) is 0 Å². The number of anilines is 1. The molecule has 1 N–H and O–H groups in total. The van der Waals surface area contributed by atoms with Gasteiger partial charge in [0.05, 0.1) is 0 Å². The van der Waals surface area contributed by atoms with Crippen molar-refractivity contribution in [3.8, 4) is 0 Å². The Bertz CT molecular complexity index is 461. The number of aromatic carboxylic acids is 1. The summed E-state index contributed by atoms with van der Waals surface area (Å²) in [4.78, 5) is 16.1. The number of halogens is 3. The summed E-state index contributed by atoms with van der Waals surface area (Å²) in [6.45, 7) is 4.44. The van der Waals surface area contributed by atoms with E-state index in [1.54, 1.807) is 6.92 Å². The molecule has 0 unspecified atom stereocenters. The number of rotatable bonds is 5. The van der Waals surface area contributed by atoms with Gasteiger partial charge < -0.3 is 10.0 Å². The lowest BCUT2D eigenvalue weighted by Crippen LogP contribution is -2.27. The van der Waals surface area contributed by atoms with Crippen LogP contribution in [0.1, 0.15) is 36.3 Å². The van der Waals surface area contributed by atoms with Crippen LogP contribution < -0.4 is 4.90 Å². The minimum atomic E-state index is -4.59. The van der Waals surface area contributed by atoms with E-state index in [-0.39, 0.29) is 11.4 Å². The molecule has 4 nitrogen and oxygen atoms in total. The quantitative estimate of drug-likeness (QED) is 0.898. The maximum absolute atomic E-state index is 12.6. The van der Waals surface area contributed by atoms with Crippen molar-refractivity contribution in [2.75, 3.05) is 18.0 Å². The van der Waals surface area contributed by atoms with Gasteiger partial charge in [0.25, 0.3) is 0 Å². The van der Waals surface area contributed by atoms with Gasteiger partial charge >= 0.3 is 12.1 Å². The van der Waals surface area contributed by atoms with Crippen molar-refractivity contribution in [3.63, 3.8) is 0 Å². The molecule has 0 atom stereocenters. The van der Waals surface area contributed by atoms with Gasteiger partial charge in [-0.15, -0.1) is 0 Å². The molecular formula is C12H15F3N2O2. The van der Waals surface area contributed by atoms with Crippen molar-refractivity contribution in [1.82, 2.24) is 4.98 Å². The second-order valence-electron chi connectivity index (χ2n) is 3.95. The van der Waals surface area contributed by atoms with Crippen molar-refractivity contribution < 1.29 is 23.1 Å². The van der Waals surface area contributed by atoms with E-state index in [1.165, 1.54) is 4.90 Å². The van der Waals surface area contributed by atoms with Gasteiger partial charge in [-0.25, -0.2) is 9.78 Å². The number of pyridine rings is 1. The van der Waals surface area contributed by atoms with Gasteiger partial charge in [0.2, 0.25) is 0 Å². The maximum atomic E-state index is 12.6. The molecule has 1 rings (SSSR count). The van der Waals surface area contributed by atoms with Gasteiger partial charge in [0.1, 0.15) is 17.1 Å². The first-order valence-corrected chi connectivity index (χ1v) is 5.87. The highest BCUT2D eigenvalue weighted by Crippen LogP contribution is 2.30. The summed E-state index contributed by atoms with van der Waals surface area (Å²) in [6.07, 6.45) is -3.90. The lowest BCUT2D eigenvalue weighted by Gasteiger charge is -2.23. The molecule has 1 heterocycles. The first-order valence-electron chi connectivity index (χ1n) is 5.87. The fourth-order valence-corrected chi connectivity index (χ4v) is 1.70. The molecular weight excluding hydrogens is 261 g/mol. The van der Waals surface area contributed by atoms with Gasteiger partial charge in [-0.2, -0.15) is 13.2 Å². The minimum absolute atomic E-state index is 0.133. The molecule has 0 radical (unpaired) electrons. The Balaban J connectivity index is 3.33. The number of hydrogen-bond donors (Lipinski definition) is 1. The topological polar surface area (TPSA) is 53.4 Å². The van der Waals surface area contributed by atoms with Crippen LogP contribution in [0.2, 0.25) is 0 Å². The van der Waals surface area contributed by atoms with Gasteiger partial charge in [-0.1, -0.05) is 6.92 Å². The molecule has 106 valence electrons. The summed E-state index contributed by atoms with van der Waals surface area (Å²) in [6, 6.07) is 1.64. The molecule has 7 heteroatoms. The number of carboxylic acids is 1. The highest BCUT2D eigenvalue weighted by atomic mass is 19.4. The van der Waals surface area contributed by atoms with Crippen molar-refractivity contribution >= 4 is 11.8 Å². The average Bonchev–Trinajstić information content (AvgIpc) is 2.34. The van der Waals surface area contributed by atoms with Crippen molar-refractivity contribution in [3.05, 3.63) is 23.4 Å². The average molecular weight is 276 g/mol. The van der Waals surface area contributed by atoms with E-state index in [1.807, 2.05) is 6.92 Å². The van der Waals surface area contributed by atoms with Crippen LogP contribution in [-0.2, 0) is 6.18 Å². The Morgan fingerprint density at radius 2 is 2.00 bits per heavy atom. The van der Waals surface area contributed by atoms with Gasteiger partial charge in [-0.05, 0) is 25.5 Å². The molecule has 0 aliphatic heterocycles. The van der Waals surface area contributed by atoms with Gasteiger partial charge in [0.15, 0.2) is 0 Å². The summed E-state index contributed by atoms with van der Waals surface area (Å²) in [5.74, 6) is -1.42. The highest BCUT2D eigenvalue weighted by Gasteiger charge is 2.34. The molecule has 1 aromatic rings. The Kier molecular flexibility index (Phi) is 4.74. The Labute approximate surface area is 108 Å². The number of carboxylic acid groups (broad SMARTS) is 1. The lowest BCUT2D eigenvalue weighted by molar-refractivity contribution is -0.141. The van der Waals surface area contributed by atoms with Crippen LogP contribution in [0.15, 0.2) is 12.1 Å². The van der Waals surface area contributed by atoms with E-state index in [2.05, 4.69) is 4.98 Å². The molecule has 0 aliphatic rings. The Hall–Kier alpha value is -1.79. The second-order valence-corrected chi connectivity index (χ2v) is 3.95. The van der Waals surface area contributed by atoms with E-state index in [4.69, 9.17) is 5.11 Å². The SMILES string of the molecule is CCCN(CC)c1nc(C(F)(F)F)ccc1C(=O)O. The molecule has 0 fully saturated rings. The summed E-state index contributed by atoms with van der Waals surface area (Å²) in [5, 5.41) is 9.02. The second kappa shape index (κ2) is 5.90. The summed E-state index contributed by atoms with van der Waals surface area (Å²) < 4.78 is 37.9. The predicted molar refractivity (Wildman–Crippen MR) is 64.4 cm³/mol. The summed E-state index contributed by atoms with van der Waals surface area (Å²) in [5.41, 5.74) is -1.30. The minimum Gasteiger partial charge on any atom is -0.478 e. The van der Waals surface area contributed by atoms with E-state index in [9.17, 15) is 18.0 Å². The Morgan fingerprint density at radius 3 is 2.42 bits per heavy atom. The third kappa shape index (κ3) is 3.59. The largest absolute Gasteiger partial charge is 0.478 e. The molecule has 0 spiro atoms. The number of nitrogens with zero attached hydrogens (tertiary/aromatic N) is 2. The first-order chi connectivity index (χ1) is 8.81. The third-order valence-corrected chi connectivity index (χ3v) is 2.57. The molecule has 0 saturated carbocycles. The van der Waals surface area contributed by atoms with Crippen LogP contribution in [0, 0.1) is 0 Å². The van der Waals surface area contributed by atoms with E-state index < -0.39 is 17.8 Å². The lowest BCUT2D eigenvalue weighted by atomic mass is 10.2. The van der Waals surface area contributed by atoms with Crippen LogP contribution in [-0.4, -0.2) is 29.1 Å². The third-order valence-electron chi connectivity index (χ3n) is 2.57. The molecule has 0 bridgehead atoms. The number of aromatic nitrogens is 1. The summed E-state index contributed by atoms with van der Waals surface area (Å²) >= 11 is 0. The van der Waals surface area contributed by atoms with Crippen LogP contribution >= 0.6 is 0 Å². The molecule has 0 aromatic carbocycles. The zero-order chi connectivity index (χ0) is 14.6. The smallest absolute Gasteiger partial charge is 0.433 e. The van der Waals surface area contributed by atoms with Crippen LogP contribution in [0.3, 0.4) is 0 Å². The fourth-order valence-electron chi connectivity index (χ4n) is 1.70. The number of hydrogen-bond acceptors (Lipinski definition) is 3. The first kappa shape index (κ1) is 15.3. The van der Waals surface area contributed by atoms with Crippen molar-refractivity contribution in [2.45, 2.75) is 26.4 Å². The molecule has 0 saturated heterocycles. The normalized spacial score (nSPS) is 11.4. The highest BCUT2D eigenvalue weighted by molar-refractivity contribution is 5.93. The van der Waals surface area contributed by atoms with Gasteiger partial charge in [-0.3, -0.25) is 0 Å². The van der Waals surface area contributed by atoms with E-state index in [0.717, 1.165) is 6.07 Å². The molecule has 19 heavy (non-hydrogen) atoms. The van der Waals surface area contributed by atoms with E-state index >= 15 is 0 Å². The number of alkyl halides is 3. The zero-order valence-corrected chi connectivity index (χ0v) is 10.7. The van der Waals surface area contributed by atoms with E-state index in [0.29, 0.717) is 25.6 Å². The van der Waals surface area contributed by atoms with Crippen molar-refractivity contribution in [2.24, 2.45) is 0 Å². The molecule has 0 amide bonds. The predicted octanol–water partition coefficient (Wildman–Crippen LogP) is 3.03. The molecule has 1 aromatic heterocycles. The number of carbonyl (C=O) groups is 1. The van der Waals surface area contributed by atoms with Crippen LogP contribution in [0.4, 0.5) is 19.0 Å². The maximum Gasteiger partial charge on any atom is 0.433 e. The monoisotopic (exact) mass is 276 g/mol. The summed E-state index contributed by atoms with van der Waals surface area (Å²) in [7, 11) is 0. The molecule has 0 aliphatic carbocycles.